The number of carbonyl (C=O) groups is 2. The Kier molecular flexibility index (Phi) is 8.44. The summed E-state index contributed by atoms with van der Waals surface area (Å²) in [6.07, 6.45) is 1.55. The number of amides is 2. The van der Waals surface area contributed by atoms with Crippen LogP contribution in [-0.2, 0) is 22.6 Å². The van der Waals surface area contributed by atoms with E-state index in [0.29, 0.717) is 11.4 Å². The molecule has 0 bridgehead atoms. The maximum Gasteiger partial charge on any atom is 0.243 e. The van der Waals surface area contributed by atoms with E-state index in [1.54, 1.807) is 19.1 Å². The Morgan fingerprint density at radius 1 is 1.06 bits per heavy atom. The molecule has 1 heterocycles. The van der Waals surface area contributed by atoms with Crippen LogP contribution in [-0.4, -0.2) is 46.9 Å². The van der Waals surface area contributed by atoms with Gasteiger partial charge in [0.25, 0.3) is 0 Å². The fourth-order valence-electron chi connectivity index (χ4n) is 2.89. The van der Waals surface area contributed by atoms with E-state index >= 15 is 0 Å². The molecule has 0 aliphatic rings. The van der Waals surface area contributed by atoms with E-state index in [1.165, 1.54) is 12.3 Å². The summed E-state index contributed by atoms with van der Waals surface area (Å²) in [6.45, 7) is 5.82. The van der Waals surface area contributed by atoms with Crippen molar-refractivity contribution in [1.82, 2.24) is 20.5 Å². The van der Waals surface area contributed by atoms with Gasteiger partial charge in [-0.05, 0) is 57.1 Å². The molecule has 168 valence electrons. The third-order valence-electron chi connectivity index (χ3n) is 5.18. The Labute approximate surface area is 181 Å². The maximum absolute atomic E-state index is 13.6. The van der Waals surface area contributed by atoms with Crippen molar-refractivity contribution in [3.63, 3.8) is 0 Å². The first-order valence-corrected chi connectivity index (χ1v) is 10.0. The Morgan fingerprint density at radius 2 is 1.74 bits per heavy atom. The average molecular weight is 434 g/mol. The number of nitrogens with two attached hydrogens (primary N) is 1. The van der Waals surface area contributed by atoms with Gasteiger partial charge < -0.3 is 16.4 Å². The molecule has 0 saturated carbocycles. The van der Waals surface area contributed by atoms with Gasteiger partial charge >= 0.3 is 0 Å². The molecular formula is C22H29F2N5O2. The quantitative estimate of drug-likeness (QED) is 0.562. The van der Waals surface area contributed by atoms with E-state index < -0.39 is 29.6 Å². The number of anilines is 1. The second-order valence-corrected chi connectivity index (χ2v) is 7.76. The minimum absolute atomic E-state index is 0.00682. The maximum atomic E-state index is 13.6. The van der Waals surface area contributed by atoms with E-state index in [4.69, 9.17) is 5.73 Å². The van der Waals surface area contributed by atoms with Gasteiger partial charge in [0.05, 0.1) is 6.04 Å². The van der Waals surface area contributed by atoms with Gasteiger partial charge in [-0.25, -0.2) is 13.8 Å². The normalized spacial score (nSPS) is 13.2. The fraction of sp³-hybridized carbons (Fsp3) is 0.409. The Morgan fingerprint density at radius 3 is 2.32 bits per heavy atom. The lowest BCUT2D eigenvalue weighted by atomic mass is 10.0. The van der Waals surface area contributed by atoms with Crippen LogP contribution in [0.2, 0.25) is 0 Å². The number of nitrogens with zero attached hydrogens (tertiary/aromatic N) is 2. The number of hydrogen-bond acceptors (Lipinski definition) is 5. The van der Waals surface area contributed by atoms with Crippen LogP contribution in [0.1, 0.15) is 31.9 Å². The smallest absolute Gasteiger partial charge is 0.243 e. The van der Waals surface area contributed by atoms with Gasteiger partial charge in [0.1, 0.15) is 11.9 Å². The lowest BCUT2D eigenvalue weighted by Crippen LogP contribution is -2.53. The minimum atomic E-state index is -1.01. The van der Waals surface area contributed by atoms with Crippen molar-refractivity contribution in [3.8, 4) is 0 Å². The average Bonchev–Trinajstić information content (AvgIpc) is 2.73. The fourth-order valence-corrected chi connectivity index (χ4v) is 2.89. The van der Waals surface area contributed by atoms with Crippen LogP contribution in [0.4, 0.5) is 14.6 Å². The second-order valence-electron chi connectivity index (χ2n) is 7.76. The summed E-state index contributed by atoms with van der Waals surface area (Å²) < 4.78 is 26.9. The summed E-state index contributed by atoms with van der Waals surface area (Å²) in [5.74, 6) is -2.41. The molecule has 1 aromatic heterocycles. The summed E-state index contributed by atoms with van der Waals surface area (Å²) in [4.78, 5) is 31.4. The number of aromatic nitrogens is 1. The van der Waals surface area contributed by atoms with E-state index in [1.807, 2.05) is 25.8 Å². The zero-order valence-electron chi connectivity index (χ0n) is 18.2. The molecule has 2 amide bonds. The SMILES string of the molecule is CC(C)N(C)[C@@H](C)C(=O)N[C@@H](Cc1ccc(F)c(F)c1)C(=O)NCc1ccc(N)nc1. The number of likely N-dealkylation sites (N-methyl/N-ethyl adjacent to an activating group) is 1. The van der Waals surface area contributed by atoms with E-state index in [2.05, 4.69) is 15.6 Å². The summed E-state index contributed by atoms with van der Waals surface area (Å²) >= 11 is 0. The predicted molar refractivity (Wildman–Crippen MR) is 115 cm³/mol. The van der Waals surface area contributed by atoms with Crippen LogP contribution in [0.5, 0.6) is 0 Å². The monoisotopic (exact) mass is 433 g/mol. The Hall–Kier alpha value is -3.07. The van der Waals surface area contributed by atoms with Crippen molar-refractivity contribution >= 4 is 17.6 Å². The molecule has 4 N–H and O–H groups in total. The molecule has 2 atom stereocenters. The molecule has 0 aliphatic heterocycles. The highest BCUT2D eigenvalue weighted by molar-refractivity contribution is 5.89. The van der Waals surface area contributed by atoms with Crippen molar-refractivity contribution < 1.29 is 18.4 Å². The predicted octanol–water partition coefficient (Wildman–Crippen LogP) is 2.01. The second kappa shape index (κ2) is 10.8. The van der Waals surface area contributed by atoms with Gasteiger partial charge in [-0.1, -0.05) is 12.1 Å². The number of hydrogen-bond donors (Lipinski definition) is 3. The van der Waals surface area contributed by atoms with Gasteiger partial charge in [0.2, 0.25) is 11.8 Å². The van der Waals surface area contributed by atoms with Crippen LogP contribution in [0, 0.1) is 11.6 Å². The standard InChI is InChI=1S/C22H29F2N5O2/c1-13(2)29(4)14(3)21(30)28-19(10-15-5-7-17(23)18(24)9-15)22(31)27-12-16-6-8-20(25)26-11-16/h5-9,11,13-14,19H,10,12H2,1-4H3,(H2,25,26)(H,27,31)(H,28,30)/t14-,19-/m0/s1. The van der Waals surface area contributed by atoms with Gasteiger partial charge in [0.15, 0.2) is 11.6 Å². The first kappa shape index (κ1) is 24.2. The number of benzene rings is 1. The summed E-state index contributed by atoms with van der Waals surface area (Å²) in [6, 6.07) is 5.42. The van der Waals surface area contributed by atoms with Gasteiger partial charge in [-0.2, -0.15) is 0 Å². The molecule has 0 saturated heterocycles. The molecule has 7 nitrogen and oxygen atoms in total. The van der Waals surface area contributed by atoms with Crippen molar-refractivity contribution in [2.24, 2.45) is 0 Å². The molecule has 9 heteroatoms. The Balaban J connectivity index is 2.15. The first-order chi connectivity index (χ1) is 14.6. The summed E-state index contributed by atoms with van der Waals surface area (Å²) in [5, 5.41) is 5.48. The highest BCUT2D eigenvalue weighted by Crippen LogP contribution is 2.12. The number of halogens is 2. The first-order valence-electron chi connectivity index (χ1n) is 10.0. The lowest BCUT2D eigenvalue weighted by molar-refractivity contribution is -0.131. The molecule has 0 radical (unpaired) electrons. The van der Waals surface area contributed by atoms with Gasteiger partial charge in [0, 0.05) is 25.2 Å². The van der Waals surface area contributed by atoms with E-state index in [0.717, 1.165) is 17.7 Å². The van der Waals surface area contributed by atoms with Crippen LogP contribution in [0.15, 0.2) is 36.5 Å². The molecule has 0 fully saturated rings. The number of pyridine rings is 1. The third-order valence-corrected chi connectivity index (χ3v) is 5.18. The summed E-state index contributed by atoms with van der Waals surface area (Å²) in [5.41, 5.74) is 6.68. The zero-order chi connectivity index (χ0) is 23.1. The molecular weight excluding hydrogens is 404 g/mol. The highest BCUT2D eigenvalue weighted by Gasteiger charge is 2.26. The van der Waals surface area contributed by atoms with Crippen LogP contribution in [0.3, 0.4) is 0 Å². The Bertz CT molecular complexity index is 905. The third kappa shape index (κ3) is 6.99. The van der Waals surface area contributed by atoms with E-state index in [-0.39, 0.29) is 24.9 Å². The molecule has 2 rings (SSSR count). The van der Waals surface area contributed by atoms with Crippen LogP contribution < -0.4 is 16.4 Å². The van der Waals surface area contributed by atoms with Gasteiger partial charge in [-0.3, -0.25) is 14.5 Å². The van der Waals surface area contributed by atoms with Crippen LogP contribution in [0.25, 0.3) is 0 Å². The highest BCUT2D eigenvalue weighted by atomic mass is 19.2. The van der Waals surface area contributed by atoms with Crippen molar-refractivity contribution in [2.75, 3.05) is 12.8 Å². The van der Waals surface area contributed by atoms with Crippen molar-refractivity contribution in [1.29, 1.82) is 0 Å². The zero-order valence-corrected chi connectivity index (χ0v) is 18.2. The summed E-state index contributed by atoms with van der Waals surface area (Å²) in [7, 11) is 1.81. The molecule has 0 aliphatic carbocycles. The van der Waals surface area contributed by atoms with Gasteiger partial charge in [-0.15, -0.1) is 0 Å². The molecule has 0 spiro atoms. The number of rotatable bonds is 9. The van der Waals surface area contributed by atoms with Crippen molar-refractivity contribution in [2.45, 2.75) is 51.9 Å². The lowest BCUT2D eigenvalue weighted by Gasteiger charge is -2.29. The number of nitrogen functional groups attached to an aromatic ring is 1. The minimum Gasteiger partial charge on any atom is -0.384 e. The van der Waals surface area contributed by atoms with Crippen molar-refractivity contribution in [3.05, 3.63) is 59.3 Å². The largest absolute Gasteiger partial charge is 0.384 e. The molecule has 31 heavy (non-hydrogen) atoms. The van der Waals surface area contributed by atoms with Crippen LogP contribution >= 0.6 is 0 Å². The number of carbonyl (C=O) groups excluding carboxylic acids is 2. The molecule has 0 unspecified atom stereocenters. The molecule has 2 aromatic rings. The molecule has 1 aromatic carbocycles. The topological polar surface area (TPSA) is 100 Å². The number of nitrogens with one attached hydrogen (secondary N) is 2. The van der Waals surface area contributed by atoms with E-state index in [9.17, 15) is 18.4 Å².